The fraction of sp³-hybridized carbons (Fsp3) is 0.583. The van der Waals surface area contributed by atoms with Gasteiger partial charge in [0.25, 0.3) is 6.47 Å². The zero-order valence-corrected chi connectivity index (χ0v) is 10.8. The van der Waals surface area contributed by atoms with Crippen molar-refractivity contribution in [2.24, 2.45) is 0 Å². The standard InChI is InChI=1S/C11H17N3O.CH2O2/c1-3-9-8-10(13-11(12-9)15-2)14-6-4-5-7-14;2-1-3/h8H,3-7H2,1-2H3;1H,(H,2,3). The molecule has 0 bridgehead atoms. The van der Waals surface area contributed by atoms with Gasteiger partial charge in [-0.25, -0.2) is 4.98 Å². The summed E-state index contributed by atoms with van der Waals surface area (Å²) < 4.78 is 5.11. The van der Waals surface area contributed by atoms with Gasteiger partial charge in [-0.15, -0.1) is 0 Å². The molecular weight excluding hydrogens is 234 g/mol. The monoisotopic (exact) mass is 253 g/mol. The smallest absolute Gasteiger partial charge is 0.318 e. The average Bonchev–Trinajstić information content (AvgIpc) is 2.93. The van der Waals surface area contributed by atoms with Crippen molar-refractivity contribution in [1.29, 1.82) is 0 Å². The summed E-state index contributed by atoms with van der Waals surface area (Å²) in [5.41, 5.74) is 1.05. The van der Waals surface area contributed by atoms with E-state index in [4.69, 9.17) is 14.6 Å². The number of methoxy groups -OCH3 is 1. The van der Waals surface area contributed by atoms with Crippen LogP contribution in [-0.4, -0.2) is 41.7 Å². The Labute approximate surface area is 107 Å². The molecule has 0 atom stereocenters. The van der Waals surface area contributed by atoms with Crippen LogP contribution in [0, 0.1) is 0 Å². The highest BCUT2D eigenvalue weighted by atomic mass is 16.5. The molecular formula is C12H19N3O3. The number of carbonyl (C=O) groups is 1. The van der Waals surface area contributed by atoms with Crippen LogP contribution >= 0.6 is 0 Å². The molecule has 1 aliphatic rings. The lowest BCUT2D eigenvalue weighted by molar-refractivity contribution is -0.122. The van der Waals surface area contributed by atoms with E-state index in [-0.39, 0.29) is 6.47 Å². The van der Waals surface area contributed by atoms with Crippen molar-refractivity contribution in [2.75, 3.05) is 25.1 Å². The molecule has 0 radical (unpaired) electrons. The molecule has 1 fully saturated rings. The number of nitrogens with zero attached hydrogens (tertiary/aromatic N) is 3. The summed E-state index contributed by atoms with van der Waals surface area (Å²) in [6.45, 7) is 4.04. The predicted octanol–water partition coefficient (Wildman–Crippen LogP) is 1.35. The number of hydrogen-bond donors (Lipinski definition) is 1. The van der Waals surface area contributed by atoms with Crippen LogP contribution in [0.3, 0.4) is 0 Å². The predicted molar refractivity (Wildman–Crippen MR) is 68.1 cm³/mol. The minimum atomic E-state index is -0.250. The van der Waals surface area contributed by atoms with E-state index in [1.54, 1.807) is 7.11 Å². The Morgan fingerprint density at radius 1 is 1.44 bits per heavy atom. The number of rotatable bonds is 3. The van der Waals surface area contributed by atoms with Gasteiger partial charge < -0.3 is 14.7 Å². The number of ether oxygens (including phenoxy) is 1. The van der Waals surface area contributed by atoms with Gasteiger partial charge in [-0.3, -0.25) is 4.79 Å². The Morgan fingerprint density at radius 3 is 2.56 bits per heavy atom. The highest BCUT2D eigenvalue weighted by Gasteiger charge is 2.15. The molecule has 6 nitrogen and oxygen atoms in total. The normalized spacial score (nSPS) is 13.8. The lowest BCUT2D eigenvalue weighted by Gasteiger charge is -2.17. The second-order valence-electron chi connectivity index (χ2n) is 3.86. The first-order valence-electron chi connectivity index (χ1n) is 5.99. The molecule has 1 aromatic rings. The Kier molecular flexibility index (Phi) is 5.90. The molecule has 1 aromatic heterocycles. The van der Waals surface area contributed by atoms with Gasteiger partial charge in [0.2, 0.25) is 0 Å². The summed E-state index contributed by atoms with van der Waals surface area (Å²) in [7, 11) is 1.61. The molecule has 0 saturated carbocycles. The zero-order chi connectivity index (χ0) is 13.4. The molecule has 2 rings (SSSR count). The summed E-state index contributed by atoms with van der Waals surface area (Å²) in [6, 6.07) is 2.55. The van der Waals surface area contributed by atoms with Gasteiger partial charge in [0.1, 0.15) is 5.82 Å². The van der Waals surface area contributed by atoms with Crippen molar-refractivity contribution in [1.82, 2.24) is 9.97 Å². The minimum Gasteiger partial charge on any atom is -0.483 e. The van der Waals surface area contributed by atoms with E-state index in [2.05, 4.69) is 27.9 Å². The third-order valence-electron chi connectivity index (χ3n) is 2.72. The lowest BCUT2D eigenvalue weighted by Crippen LogP contribution is -2.19. The molecule has 0 spiro atoms. The molecule has 1 saturated heterocycles. The number of hydrogen-bond acceptors (Lipinski definition) is 5. The van der Waals surface area contributed by atoms with Crippen LogP contribution in [0.4, 0.5) is 5.82 Å². The Balaban J connectivity index is 0.000000492. The maximum atomic E-state index is 8.36. The summed E-state index contributed by atoms with van der Waals surface area (Å²) in [5, 5.41) is 6.89. The van der Waals surface area contributed by atoms with Crippen molar-refractivity contribution in [3.8, 4) is 6.01 Å². The lowest BCUT2D eigenvalue weighted by atomic mass is 10.3. The van der Waals surface area contributed by atoms with Crippen molar-refractivity contribution in [2.45, 2.75) is 26.2 Å². The van der Waals surface area contributed by atoms with Gasteiger partial charge in [-0.2, -0.15) is 4.98 Å². The van der Waals surface area contributed by atoms with E-state index in [1.165, 1.54) is 12.8 Å². The molecule has 0 unspecified atom stereocenters. The van der Waals surface area contributed by atoms with E-state index in [0.29, 0.717) is 6.01 Å². The molecule has 2 heterocycles. The number of aryl methyl sites for hydroxylation is 1. The van der Waals surface area contributed by atoms with Crippen LogP contribution in [0.15, 0.2) is 6.07 Å². The van der Waals surface area contributed by atoms with Crippen molar-refractivity contribution in [3.63, 3.8) is 0 Å². The van der Waals surface area contributed by atoms with Crippen LogP contribution in [0.1, 0.15) is 25.5 Å². The SMILES string of the molecule is CCc1cc(N2CCCC2)nc(OC)n1.O=CO. The zero-order valence-electron chi connectivity index (χ0n) is 10.8. The van der Waals surface area contributed by atoms with Crippen LogP contribution in [0.2, 0.25) is 0 Å². The minimum absolute atomic E-state index is 0.250. The first-order chi connectivity index (χ1) is 8.74. The molecule has 1 aliphatic heterocycles. The van der Waals surface area contributed by atoms with Gasteiger partial charge in [-0.1, -0.05) is 6.92 Å². The fourth-order valence-electron chi connectivity index (χ4n) is 1.84. The van der Waals surface area contributed by atoms with Crippen molar-refractivity contribution >= 4 is 12.3 Å². The van der Waals surface area contributed by atoms with Gasteiger partial charge >= 0.3 is 6.01 Å². The number of anilines is 1. The molecule has 18 heavy (non-hydrogen) atoms. The van der Waals surface area contributed by atoms with Crippen LogP contribution < -0.4 is 9.64 Å². The first kappa shape index (κ1) is 14.2. The van der Waals surface area contributed by atoms with Crippen LogP contribution in [-0.2, 0) is 11.2 Å². The van der Waals surface area contributed by atoms with E-state index >= 15 is 0 Å². The first-order valence-corrected chi connectivity index (χ1v) is 5.99. The van der Waals surface area contributed by atoms with Crippen LogP contribution in [0.5, 0.6) is 6.01 Å². The van der Waals surface area contributed by atoms with Gasteiger partial charge in [0.15, 0.2) is 0 Å². The maximum Gasteiger partial charge on any atom is 0.318 e. The maximum absolute atomic E-state index is 8.36. The van der Waals surface area contributed by atoms with Gasteiger partial charge in [-0.05, 0) is 19.3 Å². The average molecular weight is 253 g/mol. The van der Waals surface area contributed by atoms with E-state index in [1.807, 2.05) is 0 Å². The highest BCUT2D eigenvalue weighted by Crippen LogP contribution is 2.20. The van der Waals surface area contributed by atoms with E-state index in [9.17, 15) is 0 Å². The second kappa shape index (κ2) is 7.47. The summed E-state index contributed by atoms with van der Waals surface area (Å²) >= 11 is 0. The second-order valence-corrected chi connectivity index (χ2v) is 3.86. The molecule has 0 aromatic carbocycles. The van der Waals surface area contributed by atoms with Gasteiger partial charge in [0.05, 0.1) is 7.11 Å². The van der Waals surface area contributed by atoms with E-state index < -0.39 is 0 Å². The Hall–Kier alpha value is -1.85. The number of carboxylic acid groups (broad SMARTS) is 1. The quantitative estimate of drug-likeness (QED) is 0.819. The van der Waals surface area contributed by atoms with Crippen LogP contribution in [0.25, 0.3) is 0 Å². The fourth-order valence-corrected chi connectivity index (χ4v) is 1.84. The van der Waals surface area contributed by atoms with Crippen molar-refractivity contribution < 1.29 is 14.6 Å². The largest absolute Gasteiger partial charge is 0.483 e. The third-order valence-corrected chi connectivity index (χ3v) is 2.72. The molecule has 100 valence electrons. The summed E-state index contributed by atoms with van der Waals surface area (Å²) in [4.78, 5) is 19.3. The Morgan fingerprint density at radius 2 is 2.06 bits per heavy atom. The molecule has 1 N–H and O–H groups in total. The Bertz CT molecular complexity index is 357. The number of aromatic nitrogens is 2. The highest BCUT2D eigenvalue weighted by molar-refractivity contribution is 5.41. The van der Waals surface area contributed by atoms with E-state index in [0.717, 1.165) is 31.0 Å². The summed E-state index contributed by atoms with van der Waals surface area (Å²) in [6.07, 6.45) is 3.43. The topological polar surface area (TPSA) is 75.5 Å². The summed E-state index contributed by atoms with van der Waals surface area (Å²) in [5.74, 6) is 1.01. The molecule has 0 amide bonds. The molecule has 6 heteroatoms. The molecule has 0 aliphatic carbocycles. The van der Waals surface area contributed by atoms with Crippen molar-refractivity contribution in [3.05, 3.63) is 11.8 Å². The van der Waals surface area contributed by atoms with Gasteiger partial charge in [0, 0.05) is 24.8 Å². The third kappa shape index (κ3) is 3.87.